The molecule has 0 bridgehead atoms. The quantitative estimate of drug-likeness (QED) is 0.671. The Morgan fingerprint density at radius 3 is 2.58 bits per heavy atom. The first-order valence-corrected chi connectivity index (χ1v) is 6.04. The highest BCUT2D eigenvalue weighted by Gasteiger charge is 2.25. The largest absolute Gasteiger partial charge is 0.480 e. The van der Waals surface area contributed by atoms with Crippen LogP contribution in [0, 0.1) is 5.82 Å². The first kappa shape index (κ1) is 15.4. The molecule has 8 heteroatoms. The van der Waals surface area contributed by atoms with Crippen LogP contribution in [0.2, 0.25) is 0 Å². The van der Waals surface area contributed by atoms with Gasteiger partial charge in [0.15, 0.2) is 6.04 Å². The SMILES string of the molecule is CC(O)C(NC(=O)Nc1cc(F)ccc1Br)C(=O)O. The van der Waals surface area contributed by atoms with Gasteiger partial charge in [-0.15, -0.1) is 0 Å². The van der Waals surface area contributed by atoms with Crippen LogP contribution < -0.4 is 10.6 Å². The van der Waals surface area contributed by atoms with Crippen molar-refractivity contribution in [3.63, 3.8) is 0 Å². The summed E-state index contributed by atoms with van der Waals surface area (Å²) in [5, 5.41) is 22.3. The monoisotopic (exact) mass is 334 g/mol. The molecule has 19 heavy (non-hydrogen) atoms. The molecule has 2 atom stereocenters. The van der Waals surface area contributed by atoms with E-state index in [2.05, 4.69) is 26.6 Å². The molecule has 0 spiro atoms. The first-order chi connectivity index (χ1) is 8.81. The molecule has 0 aromatic heterocycles. The highest BCUT2D eigenvalue weighted by atomic mass is 79.9. The van der Waals surface area contributed by atoms with Crippen molar-refractivity contribution in [3.05, 3.63) is 28.5 Å². The molecule has 0 aliphatic rings. The summed E-state index contributed by atoms with van der Waals surface area (Å²) in [5.74, 6) is -1.92. The van der Waals surface area contributed by atoms with Gasteiger partial charge in [0.1, 0.15) is 5.82 Å². The Balaban J connectivity index is 2.74. The number of aliphatic hydroxyl groups is 1. The van der Waals surface area contributed by atoms with Crippen molar-refractivity contribution in [2.45, 2.75) is 19.1 Å². The number of benzene rings is 1. The molecule has 1 rings (SSSR count). The van der Waals surface area contributed by atoms with Crippen LogP contribution in [-0.4, -0.2) is 34.4 Å². The van der Waals surface area contributed by atoms with E-state index in [4.69, 9.17) is 5.11 Å². The zero-order valence-corrected chi connectivity index (χ0v) is 11.4. The molecule has 0 saturated heterocycles. The number of halogens is 2. The van der Waals surface area contributed by atoms with Gasteiger partial charge in [0, 0.05) is 4.47 Å². The van der Waals surface area contributed by atoms with Crippen LogP contribution in [0.5, 0.6) is 0 Å². The van der Waals surface area contributed by atoms with E-state index < -0.39 is 30.0 Å². The third-order valence-corrected chi connectivity index (χ3v) is 2.90. The van der Waals surface area contributed by atoms with E-state index in [1.165, 1.54) is 19.1 Å². The fraction of sp³-hybridized carbons (Fsp3) is 0.273. The third kappa shape index (κ3) is 4.49. The maximum atomic E-state index is 13.0. The van der Waals surface area contributed by atoms with Gasteiger partial charge in [-0.25, -0.2) is 14.0 Å². The second kappa shape index (κ2) is 6.48. The van der Waals surface area contributed by atoms with Gasteiger partial charge < -0.3 is 20.8 Å². The van der Waals surface area contributed by atoms with Crippen molar-refractivity contribution in [2.24, 2.45) is 0 Å². The Hall–Kier alpha value is -1.67. The first-order valence-electron chi connectivity index (χ1n) is 5.24. The number of aliphatic carboxylic acids is 1. The van der Waals surface area contributed by atoms with Gasteiger partial charge in [0.05, 0.1) is 11.8 Å². The van der Waals surface area contributed by atoms with Crippen LogP contribution in [0.15, 0.2) is 22.7 Å². The molecule has 4 N–H and O–H groups in total. The number of nitrogens with one attached hydrogen (secondary N) is 2. The molecule has 1 aromatic carbocycles. The van der Waals surface area contributed by atoms with Crippen molar-refractivity contribution in [1.82, 2.24) is 5.32 Å². The van der Waals surface area contributed by atoms with E-state index in [0.717, 1.165) is 6.07 Å². The van der Waals surface area contributed by atoms with Gasteiger partial charge in [-0.1, -0.05) is 0 Å². The van der Waals surface area contributed by atoms with Gasteiger partial charge in [0.25, 0.3) is 0 Å². The van der Waals surface area contributed by atoms with Crippen LogP contribution in [0.4, 0.5) is 14.9 Å². The lowest BCUT2D eigenvalue weighted by molar-refractivity contribution is -0.141. The average Bonchev–Trinajstić information content (AvgIpc) is 2.30. The van der Waals surface area contributed by atoms with Crippen molar-refractivity contribution >= 4 is 33.6 Å². The second-order valence-electron chi connectivity index (χ2n) is 3.78. The highest BCUT2D eigenvalue weighted by Crippen LogP contribution is 2.22. The smallest absolute Gasteiger partial charge is 0.328 e. The Morgan fingerprint density at radius 1 is 1.42 bits per heavy atom. The summed E-state index contributed by atoms with van der Waals surface area (Å²) >= 11 is 3.11. The number of carboxylic acid groups (broad SMARTS) is 1. The minimum absolute atomic E-state index is 0.146. The van der Waals surface area contributed by atoms with E-state index in [0.29, 0.717) is 4.47 Å². The highest BCUT2D eigenvalue weighted by molar-refractivity contribution is 9.10. The Bertz CT molecular complexity index is 496. The summed E-state index contributed by atoms with van der Waals surface area (Å²) in [6, 6.07) is 1.35. The molecule has 0 saturated carbocycles. The zero-order chi connectivity index (χ0) is 14.6. The number of hydrogen-bond donors (Lipinski definition) is 4. The fourth-order valence-electron chi connectivity index (χ4n) is 1.28. The number of urea groups is 1. The van der Waals surface area contributed by atoms with Crippen molar-refractivity contribution in [2.75, 3.05) is 5.32 Å². The van der Waals surface area contributed by atoms with Gasteiger partial charge in [-0.2, -0.15) is 0 Å². The lowest BCUT2D eigenvalue weighted by atomic mass is 10.2. The summed E-state index contributed by atoms with van der Waals surface area (Å²) in [7, 11) is 0. The number of aliphatic hydroxyl groups excluding tert-OH is 1. The lowest BCUT2D eigenvalue weighted by Crippen LogP contribution is -2.49. The third-order valence-electron chi connectivity index (χ3n) is 2.21. The summed E-state index contributed by atoms with van der Waals surface area (Å²) in [6.45, 7) is 1.23. The number of hydrogen-bond acceptors (Lipinski definition) is 3. The lowest BCUT2D eigenvalue weighted by Gasteiger charge is -2.17. The Kier molecular flexibility index (Phi) is 5.25. The van der Waals surface area contributed by atoms with Crippen molar-refractivity contribution in [1.29, 1.82) is 0 Å². The molecule has 104 valence electrons. The molecule has 1 aromatic rings. The normalized spacial score (nSPS) is 13.5. The minimum atomic E-state index is -1.45. The second-order valence-corrected chi connectivity index (χ2v) is 4.63. The van der Waals surface area contributed by atoms with E-state index in [9.17, 15) is 19.1 Å². The van der Waals surface area contributed by atoms with Gasteiger partial charge in [-0.3, -0.25) is 0 Å². The summed E-state index contributed by atoms with van der Waals surface area (Å²) < 4.78 is 13.4. The van der Waals surface area contributed by atoms with Crippen LogP contribution in [0.1, 0.15) is 6.92 Å². The van der Waals surface area contributed by atoms with Gasteiger partial charge >= 0.3 is 12.0 Å². The summed E-state index contributed by atoms with van der Waals surface area (Å²) in [5.41, 5.74) is 0.146. The molecule has 0 radical (unpaired) electrons. The summed E-state index contributed by atoms with van der Waals surface area (Å²) in [6.07, 6.45) is -1.26. The molecule has 0 heterocycles. The van der Waals surface area contributed by atoms with Crippen LogP contribution in [-0.2, 0) is 4.79 Å². The number of anilines is 1. The predicted octanol–water partition coefficient (Wildman–Crippen LogP) is 1.54. The number of carbonyl (C=O) groups excluding carboxylic acids is 1. The van der Waals surface area contributed by atoms with E-state index in [1.807, 2.05) is 0 Å². The van der Waals surface area contributed by atoms with Gasteiger partial charge in [0.2, 0.25) is 0 Å². The van der Waals surface area contributed by atoms with Crippen LogP contribution >= 0.6 is 15.9 Å². The molecular weight excluding hydrogens is 323 g/mol. The fourth-order valence-corrected chi connectivity index (χ4v) is 1.63. The molecule has 6 nitrogen and oxygen atoms in total. The Labute approximate surface area is 116 Å². The molecule has 2 unspecified atom stereocenters. The van der Waals surface area contributed by atoms with Crippen LogP contribution in [0.25, 0.3) is 0 Å². The molecule has 2 amide bonds. The van der Waals surface area contributed by atoms with E-state index >= 15 is 0 Å². The van der Waals surface area contributed by atoms with Crippen molar-refractivity contribution in [3.8, 4) is 0 Å². The molecule has 0 aliphatic heterocycles. The molecule has 0 fully saturated rings. The number of amides is 2. The summed E-state index contributed by atoms with van der Waals surface area (Å²) in [4.78, 5) is 22.3. The predicted molar refractivity (Wildman–Crippen MR) is 69.4 cm³/mol. The maximum absolute atomic E-state index is 13.0. The van der Waals surface area contributed by atoms with Crippen molar-refractivity contribution < 1.29 is 24.2 Å². The maximum Gasteiger partial charge on any atom is 0.328 e. The van der Waals surface area contributed by atoms with E-state index in [-0.39, 0.29) is 5.69 Å². The standard InChI is InChI=1S/C11H12BrFN2O4/c1-5(16)9(10(17)18)15-11(19)14-8-4-6(13)2-3-7(8)12/h2-5,9,16H,1H3,(H,17,18)(H2,14,15,19). The molecule has 0 aliphatic carbocycles. The number of carboxylic acids is 1. The van der Waals surface area contributed by atoms with Crippen LogP contribution in [0.3, 0.4) is 0 Å². The van der Waals surface area contributed by atoms with Gasteiger partial charge in [-0.05, 0) is 41.1 Å². The Morgan fingerprint density at radius 2 is 2.05 bits per heavy atom. The zero-order valence-electron chi connectivity index (χ0n) is 9.85. The topological polar surface area (TPSA) is 98.7 Å². The minimum Gasteiger partial charge on any atom is -0.480 e. The number of rotatable bonds is 4. The molecular formula is C11H12BrFN2O4. The average molecular weight is 335 g/mol. The van der Waals surface area contributed by atoms with E-state index in [1.54, 1.807) is 0 Å². The number of carbonyl (C=O) groups is 2.